The molecule has 2 amide bonds. The molecule has 0 saturated carbocycles. The van der Waals surface area contributed by atoms with Crippen LogP contribution in [-0.4, -0.2) is 30.6 Å². The third kappa shape index (κ3) is 5.29. The zero-order valence-corrected chi connectivity index (χ0v) is 15.9. The van der Waals surface area contributed by atoms with Crippen molar-refractivity contribution in [3.05, 3.63) is 58.0 Å². The van der Waals surface area contributed by atoms with Crippen LogP contribution < -0.4 is 10.6 Å². The molecule has 3 rings (SSSR count). The lowest BCUT2D eigenvalue weighted by Gasteiger charge is -2.36. The molecular weight excluding hydrogens is 349 g/mol. The van der Waals surface area contributed by atoms with Crippen LogP contribution in [0.3, 0.4) is 0 Å². The second kappa shape index (κ2) is 9.14. The third-order valence-electron chi connectivity index (χ3n) is 4.95. The normalized spacial score (nSPS) is 17.0. The number of amides is 2. The van der Waals surface area contributed by atoms with Crippen molar-refractivity contribution in [2.24, 2.45) is 5.92 Å². The highest BCUT2D eigenvalue weighted by molar-refractivity contribution is 7.10. The van der Waals surface area contributed by atoms with Crippen LogP contribution >= 0.6 is 11.3 Å². The third-order valence-corrected chi connectivity index (χ3v) is 5.93. The highest BCUT2D eigenvalue weighted by atomic mass is 32.1. The topological polar surface area (TPSA) is 44.4 Å². The predicted octanol–water partition coefficient (Wildman–Crippen LogP) is 4.16. The molecule has 0 spiro atoms. The van der Waals surface area contributed by atoms with Gasteiger partial charge in [0, 0.05) is 18.0 Å². The van der Waals surface area contributed by atoms with Crippen molar-refractivity contribution in [3.8, 4) is 0 Å². The molecule has 0 bridgehead atoms. The standard InChI is InChI=1S/C20H26FN3OS/c1-15-8-10-24(11-9-15)18(19-3-2-12-26-19)14-23-20(25)22-13-16-4-6-17(21)7-5-16/h2-7,12,15,18H,8-11,13-14H2,1H3,(H2,22,23,25). The van der Waals surface area contributed by atoms with Gasteiger partial charge in [0.05, 0.1) is 6.04 Å². The number of carbonyl (C=O) groups excluding carboxylic acids is 1. The van der Waals surface area contributed by atoms with Crippen molar-refractivity contribution < 1.29 is 9.18 Å². The zero-order valence-electron chi connectivity index (χ0n) is 15.1. The number of hydrogen-bond donors (Lipinski definition) is 2. The summed E-state index contributed by atoms with van der Waals surface area (Å²) in [4.78, 5) is 15.9. The Morgan fingerprint density at radius 1 is 1.23 bits per heavy atom. The molecule has 0 radical (unpaired) electrons. The van der Waals surface area contributed by atoms with Gasteiger partial charge in [0.1, 0.15) is 5.82 Å². The number of nitrogens with one attached hydrogen (secondary N) is 2. The van der Waals surface area contributed by atoms with E-state index < -0.39 is 0 Å². The fourth-order valence-electron chi connectivity index (χ4n) is 3.27. The number of piperidine rings is 1. The van der Waals surface area contributed by atoms with E-state index in [1.54, 1.807) is 23.5 Å². The molecule has 1 aliphatic rings. The molecule has 26 heavy (non-hydrogen) atoms. The molecule has 2 aromatic rings. The first-order valence-electron chi connectivity index (χ1n) is 9.15. The minimum absolute atomic E-state index is 0.193. The summed E-state index contributed by atoms with van der Waals surface area (Å²) in [5.74, 6) is 0.509. The van der Waals surface area contributed by atoms with E-state index in [1.165, 1.54) is 29.9 Å². The highest BCUT2D eigenvalue weighted by Gasteiger charge is 2.25. The van der Waals surface area contributed by atoms with Crippen molar-refractivity contribution >= 4 is 17.4 Å². The summed E-state index contributed by atoms with van der Waals surface area (Å²) in [5, 5.41) is 7.93. The van der Waals surface area contributed by atoms with Crippen molar-refractivity contribution in [1.29, 1.82) is 0 Å². The van der Waals surface area contributed by atoms with Crippen LogP contribution in [-0.2, 0) is 6.54 Å². The Labute approximate surface area is 158 Å². The first-order chi connectivity index (χ1) is 12.6. The molecule has 1 atom stereocenters. The van der Waals surface area contributed by atoms with Crippen LogP contribution in [0.5, 0.6) is 0 Å². The van der Waals surface area contributed by atoms with Gasteiger partial charge < -0.3 is 10.6 Å². The second-order valence-electron chi connectivity index (χ2n) is 6.94. The van der Waals surface area contributed by atoms with E-state index in [1.807, 2.05) is 0 Å². The molecule has 2 heterocycles. The number of urea groups is 1. The predicted molar refractivity (Wildman–Crippen MR) is 104 cm³/mol. The summed E-state index contributed by atoms with van der Waals surface area (Å²) in [5.41, 5.74) is 0.876. The quantitative estimate of drug-likeness (QED) is 0.796. The molecule has 1 aliphatic heterocycles. The average Bonchev–Trinajstić information content (AvgIpc) is 3.17. The van der Waals surface area contributed by atoms with Gasteiger partial charge in [-0.05, 0) is 61.0 Å². The Balaban J connectivity index is 1.52. The number of halogens is 1. The lowest BCUT2D eigenvalue weighted by Crippen LogP contribution is -2.44. The van der Waals surface area contributed by atoms with E-state index in [2.05, 4.69) is 40.0 Å². The minimum atomic E-state index is -0.271. The Bertz CT molecular complexity index is 682. The van der Waals surface area contributed by atoms with E-state index in [9.17, 15) is 9.18 Å². The number of likely N-dealkylation sites (tertiary alicyclic amines) is 1. The van der Waals surface area contributed by atoms with Crippen LogP contribution in [0.4, 0.5) is 9.18 Å². The Hall–Kier alpha value is -1.92. The molecular formula is C20H26FN3OS. The zero-order chi connectivity index (χ0) is 18.4. The van der Waals surface area contributed by atoms with Gasteiger partial charge in [-0.2, -0.15) is 0 Å². The highest BCUT2D eigenvalue weighted by Crippen LogP contribution is 2.29. The van der Waals surface area contributed by atoms with E-state index in [0.717, 1.165) is 24.6 Å². The van der Waals surface area contributed by atoms with Crippen LogP contribution in [0.1, 0.15) is 36.2 Å². The number of nitrogens with zero attached hydrogens (tertiary/aromatic N) is 1. The van der Waals surface area contributed by atoms with Gasteiger partial charge in [-0.1, -0.05) is 25.1 Å². The molecule has 1 fully saturated rings. The van der Waals surface area contributed by atoms with E-state index >= 15 is 0 Å². The maximum atomic E-state index is 12.9. The number of carbonyl (C=O) groups is 1. The van der Waals surface area contributed by atoms with E-state index in [-0.39, 0.29) is 17.9 Å². The number of rotatable bonds is 6. The first-order valence-corrected chi connectivity index (χ1v) is 10.0. The van der Waals surface area contributed by atoms with Gasteiger partial charge in [0.25, 0.3) is 0 Å². The monoisotopic (exact) mass is 375 g/mol. The molecule has 2 N–H and O–H groups in total. The van der Waals surface area contributed by atoms with Gasteiger partial charge >= 0.3 is 6.03 Å². The fourth-order valence-corrected chi connectivity index (χ4v) is 4.13. The number of benzene rings is 1. The molecule has 140 valence electrons. The molecule has 6 heteroatoms. The van der Waals surface area contributed by atoms with Crippen molar-refractivity contribution in [3.63, 3.8) is 0 Å². The Kier molecular flexibility index (Phi) is 6.63. The first kappa shape index (κ1) is 18.9. The van der Waals surface area contributed by atoms with Crippen molar-refractivity contribution in [1.82, 2.24) is 15.5 Å². The summed E-state index contributed by atoms with van der Waals surface area (Å²) in [7, 11) is 0. The summed E-state index contributed by atoms with van der Waals surface area (Å²) in [6.07, 6.45) is 2.41. The number of thiophene rings is 1. The summed E-state index contributed by atoms with van der Waals surface area (Å²) < 4.78 is 12.9. The van der Waals surface area contributed by atoms with Gasteiger partial charge in [0.2, 0.25) is 0 Å². The van der Waals surface area contributed by atoms with Gasteiger partial charge in [0.15, 0.2) is 0 Å². The maximum absolute atomic E-state index is 12.9. The summed E-state index contributed by atoms with van der Waals surface area (Å²) in [6, 6.07) is 10.4. The Morgan fingerprint density at radius 2 is 1.96 bits per heavy atom. The molecule has 1 saturated heterocycles. The van der Waals surface area contributed by atoms with Crippen LogP contribution in [0.25, 0.3) is 0 Å². The largest absolute Gasteiger partial charge is 0.336 e. The van der Waals surface area contributed by atoms with Gasteiger partial charge in [-0.15, -0.1) is 11.3 Å². The summed E-state index contributed by atoms with van der Waals surface area (Å²) >= 11 is 1.74. The Morgan fingerprint density at radius 3 is 2.62 bits per heavy atom. The van der Waals surface area contributed by atoms with Crippen LogP contribution in [0.2, 0.25) is 0 Å². The molecule has 4 nitrogen and oxygen atoms in total. The summed E-state index contributed by atoms with van der Waals surface area (Å²) in [6.45, 7) is 5.42. The van der Waals surface area contributed by atoms with Crippen molar-refractivity contribution in [2.75, 3.05) is 19.6 Å². The molecule has 1 unspecified atom stereocenters. The van der Waals surface area contributed by atoms with E-state index in [4.69, 9.17) is 0 Å². The fraction of sp³-hybridized carbons (Fsp3) is 0.450. The number of hydrogen-bond acceptors (Lipinski definition) is 3. The minimum Gasteiger partial charge on any atom is -0.336 e. The lowest BCUT2D eigenvalue weighted by atomic mass is 9.97. The lowest BCUT2D eigenvalue weighted by molar-refractivity contribution is 0.138. The molecule has 0 aliphatic carbocycles. The SMILES string of the molecule is CC1CCN(C(CNC(=O)NCc2ccc(F)cc2)c2cccs2)CC1. The van der Waals surface area contributed by atoms with Gasteiger partial charge in [-0.3, -0.25) is 4.90 Å². The molecule has 1 aromatic carbocycles. The second-order valence-corrected chi connectivity index (χ2v) is 7.92. The average molecular weight is 376 g/mol. The van der Waals surface area contributed by atoms with Crippen LogP contribution in [0, 0.1) is 11.7 Å². The maximum Gasteiger partial charge on any atom is 0.315 e. The van der Waals surface area contributed by atoms with Crippen molar-refractivity contribution in [2.45, 2.75) is 32.4 Å². The molecule has 1 aromatic heterocycles. The van der Waals surface area contributed by atoms with Gasteiger partial charge in [-0.25, -0.2) is 9.18 Å². The smallest absolute Gasteiger partial charge is 0.315 e. The van der Waals surface area contributed by atoms with Crippen LogP contribution in [0.15, 0.2) is 41.8 Å². The van der Waals surface area contributed by atoms with E-state index in [0.29, 0.717) is 13.1 Å².